The molecule has 0 aliphatic carbocycles. The van der Waals surface area contributed by atoms with Gasteiger partial charge < -0.3 is 0 Å². The summed E-state index contributed by atoms with van der Waals surface area (Å²) in [6, 6.07) is 7.22. The van der Waals surface area contributed by atoms with E-state index in [9.17, 15) is 19.7 Å². The molecule has 0 spiro atoms. The van der Waals surface area contributed by atoms with Gasteiger partial charge in [0.15, 0.2) is 6.54 Å². The van der Waals surface area contributed by atoms with Crippen LogP contribution in [-0.4, -0.2) is 31.9 Å². The minimum absolute atomic E-state index is 0.0742. The number of hydrazone groups is 1. The Hall–Kier alpha value is -3.89. The summed E-state index contributed by atoms with van der Waals surface area (Å²) in [6.07, 6.45) is 2.68. The van der Waals surface area contributed by atoms with Crippen LogP contribution in [0.5, 0.6) is 0 Å². The number of aromatic nitrogens is 4. The lowest BCUT2D eigenvalue weighted by molar-refractivity contribution is -0.582. The Morgan fingerprint density at radius 1 is 1.50 bits per heavy atom. The van der Waals surface area contributed by atoms with Gasteiger partial charge >= 0.3 is 5.65 Å². The molecule has 0 saturated carbocycles. The van der Waals surface area contributed by atoms with Crippen LogP contribution >= 0.6 is 0 Å². The zero-order valence-electron chi connectivity index (χ0n) is 13.6. The molecule has 0 bridgehead atoms. The highest BCUT2D eigenvalue weighted by Gasteiger charge is 2.18. The van der Waals surface area contributed by atoms with Crippen LogP contribution in [0.2, 0.25) is 0 Å². The molecule has 1 aromatic carbocycles. The lowest BCUT2D eigenvalue weighted by Gasteiger charge is -1.97. The molecule has 3 rings (SSSR count). The minimum Gasteiger partial charge on any atom is -0.282 e. The number of benzene rings is 1. The van der Waals surface area contributed by atoms with Crippen molar-refractivity contribution in [3.05, 3.63) is 68.3 Å². The van der Waals surface area contributed by atoms with E-state index in [1.165, 1.54) is 46.0 Å². The third kappa shape index (κ3) is 3.61. The Kier molecular flexibility index (Phi) is 4.51. The van der Waals surface area contributed by atoms with Crippen molar-refractivity contribution >= 4 is 23.5 Å². The lowest BCUT2D eigenvalue weighted by atomic mass is 10.2. The van der Waals surface area contributed by atoms with Gasteiger partial charge in [0, 0.05) is 34.6 Å². The summed E-state index contributed by atoms with van der Waals surface area (Å²) in [4.78, 5) is 34.2. The number of hydrogen-bond donors (Lipinski definition) is 2. The monoisotopic (exact) mass is 356 g/mol. The van der Waals surface area contributed by atoms with E-state index < -0.39 is 10.8 Å². The van der Waals surface area contributed by atoms with Gasteiger partial charge in [-0.05, 0) is 6.92 Å². The number of hydrogen-bond acceptors (Lipinski definition) is 6. The second kappa shape index (κ2) is 6.93. The largest absolute Gasteiger partial charge is 0.331 e. The number of fused-ring (bicyclic) bond motifs is 1. The molecule has 11 nitrogen and oxygen atoms in total. The van der Waals surface area contributed by atoms with Crippen molar-refractivity contribution in [2.75, 3.05) is 0 Å². The number of nitrogens with one attached hydrogen (secondary N) is 2. The maximum absolute atomic E-state index is 12.0. The van der Waals surface area contributed by atoms with Gasteiger partial charge in [-0.2, -0.15) is 5.10 Å². The fraction of sp³-hybridized carbons (Fsp3) is 0.133. The number of amides is 1. The number of non-ortho nitro benzene ring substituents is 1. The Labute approximate surface area is 145 Å². The van der Waals surface area contributed by atoms with Gasteiger partial charge in [-0.15, -0.1) is 4.52 Å². The molecule has 0 unspecified atom stereocenters. The third-order valence-corrected chi connectivity index (χ3v) is 3.42. The van der Waals surface area contributed by atoms with E-state index in [1.807, 2.05) is 0 Å². The fourth-order valence-electron chi connectivity index (χ4n) is 2.34. The summed E-state index contributed by atoms with van der Waals surface area (Å²) in [7, 11) is 0. The second-order valence-electron chi connectivity index (χ2n) is 5.43. The van der Waals surface area contributed by atoms with E-state index in [0.717, 1.165) is 0 Å². The standard InChI is InChI=1S/C15H13N7O4/c1-10-5-13(23)15-20(17-9-21(15)19-10)8-14(24)18-16-7-11-3-2-4-12(6-11)22(25)26/h2-7,9H,8H2,1H3,(H-,18,19,23,24)/p+1. The van der Waals surface area contributed by atoms with Crippen LogP contribution in [0.1, 0.15) is 11.3 Å². The van der Waals surface area contributed by atoms with Crippen LogP contribution in [0.4, 0.5) is 5.69 Å². The topological polar surface area (TPSA) is 139 Å². The van der Waals surface area contributed by atoms with Gasteiger partial charge in [-0.1, -0.05) is 16.8 Å². The molecular formula is C15H14N7O4+. The summed E-state index contributed by atoms with van der Waals surface area (Å²) in [5, 5.41) is 21.4. The number of aryl methyl sites for hydroxylation is 1. The number of carbonyl (C=O) groups is 1. The van der Waals surface area contributed by atoms with Crippen molar-refractivity contribution in [3.8, 4) is 0 Å². The maximum Gasteiger partial charge on any atom is 0.331 e. The normalized spacial score (nSPS) is 11.1. The van der Waals surface area contributed by atoms with Crippen LogP contribution in [0, 0.1) is 17.0 Å². The first-order valence-electron chi connectivity index (χ1n) is 7.47. The van der Waals surface area contributed by atoms with Gasteiger partial charge in [-0.25, -0.2) is 10.5 Å². The molecule has 11 heteroatoms. The molecule has 0 saturated heterocycles. The van der Waals surface area contributed by atoms with Crippen molar-refractivity contribution in [2.45, 2.75) is 13.5 Å². The second-order valence-corrected chi connectivity index (χ2v) is 5.43. The first-order chi connectivity index (χ1) is 12.4. The molecule has 2 aromatic heterocycles. The van der Waals surface area contributed by atoms with Gasteiger partial charge in [0.05, 0.1) is 11.1 Å². The zero-order chi connectivity index (χ0) is 18.7. The van der Waals surface area contributed by atoms with Gasteiger partial charge in [0.1, 0.15) is 0 Å². The average Bonchev–Trinajstić information content (AvgIpc) is 2.97. The highest BCUT2D eigenvalue weighted by atomic mass is 16.6. The van der Waals surface area contributed by atoms with E-state index in [-0.39, 0.29) is 23.3 Å². The summed E-state index contributed by atoms with van der Waals surface area (Å²) in [5.74, 6) is -0.503. The number of rotatable bonds is 5. The quantitative estimate of drug-likeness (QED) is 0.279. The molecule has 132 valence electrons. The van der Waals surface area contributed by atoms with Crippen molar-refractivity contribution in [3.63, 3.8) is 0 Å². The van der Waals surface area contributed by atoms with Crippen LogP contribution in [0.15, 0.2) is 46.6 Å². The highest BCUT2D eigenvalue weighted by Crippen LogP contribution is 2.11. The summed E-state index contributed by atoms with van der Waals surface area (Å²) in [5.41, 5.74) is 3.29. The predicted octanol–water partition coefficient (Wildman–Crippen LogP) is -0.323. The average molecular weight is 356 g/mol. The molecule has 3 aromatic rings. The molecule has 0 fully saturated rings. The van der Waals surface area contributed by atoms with E-state index in [2.05, 4.69) is 20.7 Å². The predicted molar refractivity (Wildman–Crippen MR) is 89.6 cm³/mol. The number of nitro groups is 1. The maximum atomic E-state index is 12.0. The molecular weight excluding hydrogens is 342 g/mol. The Morgan fingerprint density at radius 2 is 2.31 bits per heavy atom. The summed E-state index contributed by atoms with van der Waals surface area (Å²) >= 11 is 0. The third-order valence-electron chi connectivity index (χ3n) is 3.42. The Balaban J connectivity index is 1.69. The van der Waals surface area contributed by atoms with Crippen LogP contribution in [-0.2, 0) is 11.3 Å². The molecule has 1 amide bonds. The smallest absolute Gasteiger partial charge is 0.282 e. The fourth-order valence-corrected chi connectivity index (χ4v) is 2.34. The molecule has 0 radical (unpaired) electrons. The van der Waals surface area contributed by atoms with Crippen molar-refractivity contribution in [1.82, 2.24) is 20.3 Å². The van der Waals surface area contributed by atoms with E-state index >= 15 is 0 Å². The number of nitrogens with zero attached hydrogens (tertiary/aromatic N) is 5. The van der Waals surface area contributed by atoms with Crippen LogP contribution < -0.4 is 15.4 Å². The zero-order valence-corrected chi connectivity index (χ0v) is 13.6. The van der Waals surface area contributed by atoms with Crippen LogP contribution in [0.3, 0.4) is 0 Å². The van der Waals surface area contributed by atoms with E-state index in [1.54, 1.807) is 13.0 Å². The molecule has 2 heterocycles. The Bertz CT molecular complexity index is 1080. The number of aromatic amines is 1. The number of carbonyl (C=O) groups excluding carboxylic acids is 1. The molecule has 26 heavy (non-hydrogen) atoms. The van der Waals surface area contributed by atoms with E-state index in [0.29, 0.717) is 11.3 Å². The molecule has 0 aliphatic heterocycles. The van der Waals surface area contributed by atoms with Crippen molar-refractivity contribution in [2.24, 2.45) is 5.10 Å². The number of H-pyrrole nitrogens is 1. The molecule has 0 atom stereocenters. The summed E-state index contributed by atoms with van der Waals surface area (Å²) in [6.45, 7) is 1.52. The van der Waals surface area contributed by atoms with E-state index in [4.69, 9.17) is 0 Å². The molecule has 2 N–H and O–H groups in total. The molecule has 0 aliphatic rings. The SMILES string of the molecule is Cc1cc(=O)c2n(CC(=O)NN=Cc3cccc([N+](=O)[O-])c3)nc[n+]2[nH]1. The van der Waals surface area contributed by atoms with Gasteiger partial charge in [0.25, 0.3) is 23.4 Å². The van der Waals surface area contributed by atoms with Crippen LogP contribution in [0.25, 0.3) is 5.65 Å². The first-order valence-corrected chi connectivity index (χ1v) is 7.47. The first kappa shape index (κ1) is 17.0. The lowest BCUT2D eigenvalue weighted by Crippen LogP contribution is -2.33. The summed E-state index contributed by atoms with van der Waals surface area (Å²) < 4.78 is 2.67. The van der Waals surface area contributed by atoms with Crippen molar-refractivity contribution < 1.29 is 14.2 Å². The van der Waals surface area contributed by atoms with Crippen molar-refractivity contribution in [1.29, 1.82) is 0 Å². The minimum atomic E-state index is -0.518. The van der Waals surface area contributed by atoms with Gasteiger partial charge in [-0.3, -0.25) is 19.7 Å². The Morgan fingerprint density at radius 3 is 3.08 bits per heavy atom. The number of nitro benzene ring substituents is 1. The van der Waals surface area contributed by atoms with Gasteiger partial charge in [0.2, 0.25) is 0 Å². The highest BCUT2D eigenvalue weighted by molar-refractivity contribution is 5.83.